The molecule has 1 fully saturated rings. The van der Waals surface area contributed by atoms with Crippen LogP contribution in [0.4, 0.5) is 0 Å². The number of ether oxygens (including phenoxy) is 2. The van der Waals surface area contributed by atoms with Gasteiger partial charge in [0.2, 0.25) is 0 Å². The van der Waals surface area contributed by atoms with Gasteiger partial charge in [-0.2, -0.15) is 0 Å². The number of hydrogen-bond donors (Lipinski definition) is 0. The molecule has 0 radical (unpaired) electrons. The topological polar surface area (TPSA) is 38.8 Å². The smallest absolute Gasteiger partial charge is 0.319 e. The molecule has 1 saturated heterocycles. The van der Waals surface area contributed by atoms with Gasteiger partial charge in [-0.3, -0.25) is 9.69 Å². The van der Waals surface area contributed by atoms with Gasteiger partial charge in [-0.15, -0.1) is 0 Å². The maximum Gasteiger partial charge on any atom is 0.319 e. The van der Waals surface area contributed by atoms with Gasteiger partial charge < -0.3 is 9.47 Å². The zero-order valence-electron chi connectivity index (χ0n) is 8.28. The van der Waals surface area contributed by atoms with Crippen LogP contribution in [0.1, 0.15) is 13.3 Å². The summed E-state index contributed by atoms with van der Waals surface area (Å²) in [5, 5.41) is 0. The van der Waals surface area contributed by atoms with Crippen LogP contribution >= 0.6 is 0 Å². The third-order valence-electron chi connectivity index (χ3n) is 2.38. The number of morpholine rings is 1. The lowest BCUT2D eigenvalue weighted by Gasteiger charge is -2.33. The second-order valence-corrected chi connectivity index (χ2v) is 3.18. The third kappa shape index (κ3) is 2.97. The van der Waals surface area contributed by atoms with Crippen molar-refractivity contribution in [3.63, 3.8) is 0 Å². The first-order valence-electron chi connectivity index (χ1n) is 4.66. The Bertz CT molecular complexity index is 172. The molecule has 0 aromatic rings. The summed E-state index contributed by atoms with van der Waals surface area (Å²) in [4.78, 5) is 13.2. The number of methoxy groups -OCH3 is 1. The van der Waals surface area contributed by atoms with E-state index in [2.05, 4.69) is 16.6 Å². The molecule has 1 heterocycles. The zero-order chi connectivity index (χ0) is 9.68. The summed E-state index contributed by atoms with van der Waals surface area (Å²) in [5.41, 5.74) is 0. The second kappa shape index (κ2) is 5.19. The van der Waals surface area contributed by atoms with Gasteiger partial charge in [-0.1, -0.05) is 6.92 Å². The maximum atomic E-state index is 11.0. The van der Waals surface area contributed by atoms with E-state index in [-0.39, 0.29) is 5.97 Å². The summed E-state index contributed by atoms with van der Waals surface area (Å²) in [5.74, 6) is -0.166. The minimum Gasteiger partial charge on any atom is -0.468 e. The molecule has 0 aromatic heterocycles. The van der Waals surface area contributed by atoms with Crippen LogP contribution in [-0.4, -0.2) is 50.3 Å². The Kier molecular flexibility index (Phi) is 4.18. The van der Waals surface area contributed by atoms with Crippen molar-refractivity contribution in [1.29, 1.82) is 0 Å². The maximum absolute atomic E-state index is 11.0. The van der Waals surface area contributed by atoms with Gasteiger partial charge in [0.25, 0.3) is 0 Å². The molecule has 0 spiro atoms. The molecular formula is C9H17NO3. The van der Waals surface area contributed by atoms with Crippen LogP contribution in [0.3, 0.4) is 0 Å². The second-order valence-electron chi connectivity index (χ2n) is 3.18. The summed E-state index contributed by atoms with van der Waals surface area (Å²) in [6, 6.07) is 0.368. The fourth-order valence-corrected chi connectivity index (χ4v) is 1.50. The number of hydrogen-bond acceptors (Lipinski definition) is 4. The summed E-state index contributed by atoms with van der Waals surface area (Å²) in [6.45, 7) is 4.76. The number of esters is 1. The van der Waals surface area contributed by atoms with Crippen LogP contribution in [0.2, 0.25) is 0 Å². The van der Waals surface area contributed by atoms with Crippen LogP contribution in [0.5, 0.6) is 0 Å². The summed E-state index contributed by atoms with van der Waals surface area (Å²) in [6.07, 6.45) is 1.01. The molecule has 0 N–H and O–H groups in total. The molecule has 4 nitrogen and oxygen atoms in total. The van der Waals surface area contributed by atoms with Gasteiger partial charge in [0.05, 0.1) is 26.9 Å². The minimum absolute atomic E-state index is 0.166. The van der Waals surface area contributed by atoms with Gasteiger partial charge in [-0.25, -0.2) is 0 Å². The van der Waals surface area contributed by atoms with E-state index in [4.69, 9.17) is 4.74 Å². The van der Waals surface area contributed by atoms with Crippen LogP contribution in [0, 0.1) is 0 Å². The first-order valence-corrected chi connectivity index (χ1v) is 4.66. The Morgan fingerprint density at radius 3 is 3.08 bits per heavy atom. The molecule has 1 aliphatic rings. The predicted octanol–water partition coefficient (Wildman–Crippen LogP) is 0.270. The first-order chi connectivity index (χ1) is 6.27. The summed E-state index contributed by atoms with van der Waals surface area (Å²) in [7, 11) is 1.42. The van der Waals surface area contributed by atoms with Crippen LogP contribution in [-0.2, 0) is 14.3 Å². The molecule has 1 unspecified atom stereocenters. The number of nitrogens with zero attached hydrogens (tertiary/aromatic N) is 1. The van der Waals surface area contributed by atoms with Gasteiger partial charge >= 0.3 is 5.97 Å². The van der Waals surface area contributed by atoms with Crippen molar-refractivity contribution >= 4 is 5.97 Å². The van der Waals surface area contributed by atoms with Crippen molar-refractivity contribution in [2.24, 2.45) is 0 Å². The van der Waals surface area contributed by atoms with E-state index in [1.165, 1.54) is 7.11 Å². The lowest BCUT2D eigenvalue weighted by molar-refractivity contribution is -0.144. The molecule has 0 bridgehead atoms. The largest absolute Gasteiger partial charge is 0.468 e. The monoisotopic (exact) mass is 187 g/mol. The Morgan fingerprint density at radius 1 is 1.69 bits per heavy atom. The Hall–Kier alpha value is -0.610. The highest BCUT2D eigenvalue weighted by atomic mass is 16.5. The fraction of sp³-hybridized carbons (Fsp3) is 0.889. The Morgan fingerprint density at radius 2 is 2.46 bits per heavy atom. The van der Waals surface area contributed by atoms with Crippen LogP contribution in [0.25, 0.3) is 0 Å². The molecule has 1 rings (SSSR count). The van der Waals surface area contributed by atoms with Gasteiger partial charge in [0, 0.05) is 12.6 Å². The van der Waals surface area contributed by atoms with Crippen molar-refractivity contribution in [1.82, 2.24) is 4.90 Å². The van der Waals surface area contributed by atoms with Gasteiger partial charge in [-0.05, 0) is 6.42 Å². The van der Waals surface area contributed by atoms with E-state index in [9.17, 15) is 4.79 Å². The average molecular weight is 187 g/mol. The van der Waals surface area contributed by atoms with Crippen molar-refractivity contribution < 1.29 is 14.3 Å². The van der Waals surface area contributed by atoms with Crippen molar-refractivity contribution in [3.8, 4) is 0 Å². The molecule has 0 saturated carbocycles. The van der Waals surface area contributed by atoms with Crippen molar-refractivity contribution in [3.05, 3.63) is 0 Å². The standard InChI is InChI=1S/C9H17NO3/c1-3-8-7-13-5-4-10(8)6-9(11)12-2/h8H,3-7H2,1-2H3. The quantitative estimate of drug-likeness (QED) is 0.594. The number of carbonyl (C=O) groups excluding carboxylic acids is 1. The third-order valence-corrected chi connectivity index (χ3v) is 2.38. The van der Waals surface area contributed by atoms with Crippen molar-refractivity contribution in [2.75, 3.05) is 33.4 Å². The van der Waals surface area contributed by atoms with E-state index in [1.807, 2.05) is 0 Å². The molecule has 1 atom stereocenters. The average Bonchev–Trinajstić information content (AvgIpc) is 2.18. The van der Waals surface area contributed by atoms with Crippen LogP contribution in [0.15, 0.2) is 0 Å². The zero-order valence-corrected chi connectivity index (χ0v) is 8.28. The molecule has 1 aliphatic heterocycles. The molecule has 0 aliphatic carbocycles. The van der Waals surface area contributed by atoms with Gasteiger partial charge in [0.1, 0.15) is 0 Å². The number of rotatable bonds is 3. The minimum atomic E-state index is -0.166. The Labute approximate surface area is 78.8 Å². The van der Waals surface area contributed by atoms with E-state index < -0.39 is 0 Å². The highest BCUT2D eigenvalue weighted by molar-refractivity contribution is 5.71. The lowest BCUT2D eigenvalue weighted by Crippen LogP contribution is -2.47. The predicted molar refractivity (Wildman–Crippen MR) is 48.5 cm³/mol. The highest BCUT2D eigenvalue weighted by Crippen LogP contribution is 2.09. The molecule has 0 amide bonds. The van der Waals surface area contributed by atoms with E-state index in [1.54, 1.807) is 0 Å². The molecule has 13 heavy (non-hydrogen) atoms. The fourth-order valence-electron chi connectivity index (χ4n) is 1.50. The molecule has 4 heteroatoms. The van der Waals surface area contributed by atoms with E-state index >= 15 is 0 Å². The highest BCUT2D eigenvalue weighted by Gasteiger charge is 2.23. The van der Waals surface area contributed by atoms with Gasteiger partial charge in [0.15, 0.2) is 0 Å². The van der Waals surface area contributed by atoms with E-state index in [0.717, 1.165) is 19.6 Å². The van der Waals surface area contributed by atoms with Crippen molar-refractivity contribution in [2.45, 2.75) is 19.4 Å². The molecule has 76 valence electrons. The SMILES string of the molecule is CCC1COCCN1CC(=O)OC. The first kappa shape index (κ1) is 10.5. The summed E-state index contributed by atoms with van der Waals surface area (Å²) >= 11 is 0. The molecular weight excluding hydrogens is 170 g/mol. The van der Waals surface area contributed by atoms with E-state index in [0.29, 0.717) is 19.2 Å². The Balaban J connectivity index is 2.40. The number of carbonyl (C=O) groups is 1. The molecule has 0 aromatic carbocycles. The van der Waals surface area contributed by atoms with Crippen LogP contribution < -0.4 is 0 Å². The lowest BCUT2D eigenvalue weighted by atomic mass is 10.2. The summed E-state index contributed by atoms with van der Waals surface area (Å²) < 4.78 is 9.95. The normalized spacial score (nSPS) is 24.3.